The smallest absolute Gasteiger partial charge is 0.311 e. The van der Waals surface area contributed by atoms with Crippen LogP contribution >= 0.6 is 0 Å². The van der Waals surface area contributed by atoms with Gasteiger partial charge in [0.25, 0.3) is 0 Å². The van der Waals surface area contributed by atoms with Gasteiger partial charge in [0.1, 0.15) is 5.75 Å². The summed E-state index contributed by atoms with van der Waals surface area (Å²) >= 11 is 0. The molecule has 0 unspecified atom stereocenters. The number of carbonyl (C=O) groups excluding carboxylic acids is 1. The SMILES string of the molecule is COC(=O)[C@@H](Cc1ccc(OC)cc1)[C@H](C)O. The van der Waals surface area contributed by atoms with E-state index in [1.165, 1.54) is 7.11 Å². The zero-order valence-corrected chi connectivity index (χ0v) is 10.3. The van der Waals surface area contributed by atoms with Crippen LogP contribution in [0.25, 0.3) is 0 Å². The Hall–Kier alpha value is -1.55. The van der Waals surface area contributed by atoms with Gasteiger partial charge in [-0.15, -0.1) is 0 Å². The maximum Gasteiger partial charge on any atom is 0.311 e. The third-order valence-corrected chi connectivity index (χ3v) is 2.70. The van der Waals surface area contributed by atoms with E-state index >= 15 is 0 Å². The standard InChI is InChI=1S/C13H18O4/c1-9(14)12(13(15)17-3)8-10-4-6-11(16-2)7-5-10/h4-7,9,12,14H,8H2,1-3H3/t9-,12-/m0/s1. The average Bonchev–Trinajstić information content (AvgIpc) is 2.35. The summed E-state index contributed by atoms with van der Waals surface area (Å²) in [7, 11) is 2.92. The highest BCUT2D eigenvalue weighted by Gasteiger charge is 2.24. The van der Waals surface area contributed by atoms with Crippen LogP contribution in [0.5, 0.6) is 5.75 Å². The fourth-order valence-corrected chi connectivity index (χ4v) is 1.62. The van der Waals surface area contributed by atoms with Crippen molar-refractivity contribution in [2.75, 3.05) is 14.2 Å². The Morgan fingerprint density at radius 2 is 1.88 bits per heavy atom. The maximum absolute atomic E-state index is 11.5. The predicted molar refractivity (Wildman–Crippen MR) is 63.9 cm³/mol. The number of methoxy groups -OCH3 is 2. The van der Waals surface area contributed by atoms with Crippen molar-refractivity contribution >= 4 is 5.97 Å². The largest absolute Gasteiger partial charge is 0.497 e. The lowest BCUT2D eigenvalue weighted by Crippen LogP contribution is -2.29. The van der Waals surface area contributed by atoms with Gasteiger partial charge in [-0.25, -0.2) is 0 Å². The van der Waals surface area contributed by atoms with Crippen LogP contribution in [0, 0.1) is 5.92 Å². The second kappa shape index (κ2) is 6.25. The number of carbonyl (C=O) groups is 1. The minimum absolute atomic E-state index is 0.393. The molecule has 17 heavy (non-hydrogen) atoms. The number of aliphatic hydroxyl groups excluding tert-OH is 1. The minimum Gasteiger partial charge on any atom is -0.497 e. The fourth-order valence-electron chi connectivity index (χ4n) is 1.62. The highest BCUT2D eigenvalue weighted by molar-refractivity contribution is 5.73. The van der Waals surface area contributed by atoms with Crippen molar-refractivity contribution in [2.45, 2.75) is 19.4 Å². The summed E-state index contributed by atoms with van der Waals surface area (Å²) in [5.74, 6) is -0.162. The molecule has 0 saturated carbocycles. The molecular weight excluding hydrogens is 220 g/mol. The van der Waals surface area contributed by atoms with E-state index in [9.17, 15) is 9.90 Å². The van der Waals surface area contributed by atoms with Crippen LogP contribution in [0.1, 0.15) is 12.5 Å². The van der Waals surface area contributed by atoms with Gasteiger partial charge in [-0.1, -0.05) is 12.1 Å². The molecule has 0 radical (unpaired) electrons. The maximum atomic E-state index is 11.5. The van der Waals surface area contributed by atoms with Crippen LogP contribution in [0.3, 0.4) is 0 Å². The van der Waals surface area contributed by atoms with Gasteiger partial charge in [-0.05, 0) is 31.0 Å². The van der Waals surface area contributed by atoms with Crippen LogP contribution in [-0.2, 0) is 16.0 Å². The van der Waals surface area contributed by atoms with Crippen molar-refractivity contribution in [1.82, 2.24) is 0 Å². The number of rotatable bonds is 5. The van der Waals surface area contributed by atoms with E-state index in [-0.39, 0.29) is 0 Å². The van der Waals surface area contributed by atoms with Crippen LogP contribution in [0.4, 0.5) is 0 Å². The number of aliphatic hydroxyl groups is 1. The number of hydrogen-bond acceptors (Lipinski definition) is 4. The monoisotopic (exact) mass is 238 g/mol. The summed E-state index contributed by atoms with van der Waals surface area (Å²) in [5, 5.41) is 9.55. The predicted octanol–water partition coefficient (Wildman–Crippen LogP) is 1.41. The van der Waals surface area contributed by atoms with E-state index in [2.05, 4.69) is 4.74 Å². The first-order valence-electron chi connectivity index (χ1n) is 5.47. The summed E-state index contributed by atoms with van der Waals surface area (Å²) in [6, 6.07) is 7.39. The van der Waals surface area contributed by atoms with Crippen LogP contribution in [0.15, 0.2) is 24.3 Å². The highest BCUT2D eigenvalue weighted by Crippen LogP contribution is 2.17. The molecule has 0 fully saturated rings. The van der Waals surface area contributed by atoms with E-state index in [0.29, 0.717) is 6.42 Å². The summed E-state index contributed by atoms with van der Waals surface area (Å²) in [5.41, 5.74) is 0.960. The van der Waals surface area contributed by atoms with Crippen molar-refractivity contribution in [3.8, 4) is 5.75 Å². The molecule has 4 heteroatoms. The quantitative estimate of drug-likeness (QED) is 0.788. The van der Waals surface area contributed by atoms with Gasteiger partial charge in [0.2, 0.25) is 0 Å². The molecule has 0 spiro atoms. The van der Waals surface area contributed by atoms with Crippen molar-refractivity contribution < 1.29 is 19.4 Å². The molecule has 1 rings (SSSR count). The van der Waals surface area contributed by atoms with Gasteiger partial charge in [0.05, 0.1) is 26.2 Å². The van der Waals surface area contributed by atoms with Gasteiger partial charge in [0.15, 0.2) is 0 Å². The fraction of sp³-hybridized carbons (Fsp3) is 0.462. The average molecular weight is 238 g/mol. The lowest BCUT2D eigenvalue weighted by atomic mass is 9.95. The molecule has 1 aromatic carbocycles. The van der Waals surface area contributed by atoms with Crippen molar-refractivity contribution in [2.24, 2.45) is 5.92 Å². The summed E-state index contributed by atoms with van der Waals surface area (Å²) < 4.78 is 9.72. The summed E-state index contributed by atoms with van der Waals surface area (Å²) in [4.78, 5) is 11.5. The Morgan fingerprint density at radius 3 is 2.29 bits per heavy atom. The third-order valence-electron chi connectivity index (χ3n) is 2.70. The Morgan fingerprint density at radius 1 is 1.29 bits per heavy atom. The van der Waals surface area contributed by atoms with E-state index in [4.69, 9.17) is 4.74 Å². The second-order valence-corrected chi connectivity index (χ2v) is 3.92. The van der Waals surface area contributed by atoms with Crippen LogP contribution < -0.4 is 4.74 Å². The zero-order valence-electron chi connectivity index (χ0n) is 10.3. The van der Waals surface area contributed by atoms with Crippen molar-refractivity contribution in [1.29, 1.82) is 0 Å². The lowest BCUT2D eigenvalue weighted by molar-refractivity contribution is -0.148. The van der Waals surface area contributed by atoms with Gasteiger partial charge in [0, 0.05) is 0 Å². The van der Waals surface area contributed by atoms with Crippen molar-refractivity contribution in [3.05, 3.63) is 29.8 Å². The molecule has 0 amide bonds. The van der Waals surface area contributed by atoms with Crippen LogP contribution in [0.2, 0.25) is 0 Å². The first kappa shape index (κ1) is 13.5. The molecule has 0 bridgehead atoms. The molecule has 4 nitrogen and oxygen atoms in total. The number of benzene rings is 1. The first-order valence-corrected chi connectivity index (χ1v) is 5.47. The highest BCUT2D eigenvalue weighted by atomic mass is 16.5. The normalized spacial score (nSPS) is 13.9. The molecule has 2 atom stereocenters. The molecule has 0 saturated heterocycles. The lowest BCUT2D eigenvalue weighted by Gasteiger charge is -2.17. The molecule has 1 N–H and O–H groups in total. The Kier molecular flexibility index (Phi) is 4.97. The molecule has 0 aromatic heterocycles. The van der Waals surface area contributed by atoms with E-state index < -0.39 is 18.0 Å². The molecule has 0 aliphatic rings. The minimum atomic E-state index is -0.732. The number of esters is 1. The van der Waals surface area contributed by atoms with E-state index in [1.807, 2.05) is 24.3 Å². The molecule has 1 aromatic rings. The van der Waals surface area contributed by atoms with Crippen molar-refractivity contribution in [3.63, 3.8) is 0 Å². The molecule has 94 valence electrons. The number of hydrogen-bond donors (Lipinski definition) is 1. The Labute approximate surface area is 101 Å². The zero-order chi connectivity index (χ0) is 12.8. The number of ether oxygens (including phenoxy) is 2. The van der Waals surface area contributed by atoms with Gasteiger partial charge >= 0.3 is 5.97 Å². The molecule has 0 aliphatic heterocycles. The second-order valence-electron chi connectivity index (χ2n) is 3.92. The molecule has 0 aliphatic carbocycles. The van der Waals surface area contributed by atoms with E-state index in [1.54, 1.807) is 14.0 Å². The van der Waals surface area contributed by atoms with Crippen LogP contribution in [-0.4, -0.2) is 31.4 Å². The first-order chi connectivity index (χ1) is 8.08. The Bertz CT molecular complexity index is 356. The Balaban J connectivity index is 2.75. The van der Waals surface area contributed by atoms with Gasteiger partial charge in [-0.3, -0.25) is 4.79 Å². The topological polar surface area (TPSA) is 55.8 Å². The van der Waals surface area contributed by atoms with E-state index in [0.717, 1.165) is 11.3 Å². The third kappa shape index (κ3) is 3.75. The van der Waals surface area contributed by atoms with Gasteiger partial charge in [-0.2, -0.15) is 0 Å². The summed E-state index contributed by atoms with van der Waals surface area (Å²) in [6.07, 6.45) is -0.279. The summed E-state index contributed by atoms with van der Waals surface area (Å²) in [6.45, 7) is 1.59. The van der Waals surface area contributed by atoms with Gasteiger partial charge < -0.3 is 14.6 Å². The molecule has 0 heterocycles. The molecular formula is C13H18O4.